The summed E-state index contributed by atoms with van der Waals surface area (Å²) in [4.78, 5) is 15.2. The van der Waals surface area contributed by atoms with E-state index in [1.165, 1.54) is 18.2 Å². The number of benzene rings is 3. The minimum absolute atomic E-state index is 0.0232. The average Bonchev–Trinajstić information content (AvgIpc) is 3.09. The van der Waals surface area contributed by atoms with Gasteiger partial charge in [-0.05, 0) is 48.9 Å². The van der Waals surface area contributed by atoms with Crippen molar-refractivity contribution in [2.45, 2.75) is 20.0 Å². The molecule has 3 aromatic rings. The van der Waals surface area contributed by atoms with Gasteiger partial charge in [0.2, 0.25) is 5.78 Å². The lowest BCUT2D eigenvalue weighted by molar-refractivity contribution is 0.0876. The standard InChI is InChI=1S/C25H17Cl3FNO3/c1-13-24-15(11-30(12-32-24)10-14-5-6-19(27)20(28)7-14)8-17-23(31)22(33-25(13)17)9-16-18(26)3-2-4-21(16)29/h2-9H,10-12H2,1H3/b22-9-. The van der Waals surface area contributed by atoms with Crippen molar-refractivity contribution in [2.75, 3.05) is 6.73 Å². The smallest absolute Gasteiger partial charge is 0.231 e. The van der Waals surface area contributed by atoms with Crippen LogP contribution in [-0.2, 0) is 13.1 Å². The van der Waals surface area contributed by atoms with Gasteiger partial charge in [-0.2, -0.15) is 0 Å². The lowest BCUT2D eigenvalue weighted by atomic mass is 9.99. The maximum Gasteiger partial charge on any atom is 0.231 e. The molecule has 0 bridgehead atoms. The summed E-state index contributed by atoms with van der Waals surface area (Å²) in [5, 5.41) is 1.20. The van der Waals surface area contributed by atoms with E-state index in [1.54, 1.807) is 18.2 Å². The zero-order valence-electron chi connectivity index (χ0n) is 17.4. The Bertz CT molecular complexity index is 1320. The molecule has 2 heterocycles. The molecule has 3 aromatic carbocycles. The molecule has 4 nitrogen and oxygen atoms in total. The Kier molecular flexibility index (Phi) is 5.83. The van der Waals surface area contributed by atoms with Gasteiger partial charge in [0.1, 0.15) is 24.0 Å². The molecule has 0 aromatic heterocycles. The van der Waals surface area contributed by atoms with E-state index in [9.17, 15) is 9.18 Å². The first kappa shape index (κ1) is 22.2. The summed E-state index contributed by atoms with van der Waals surface area (Å²) in [6.45, 7) is 3.40. The van der Waals surface area contributed by atoms with Crippen LogP contribution in [0.1, 0.15) is 32.6 Å². The summed E-state index contributed by atoms with van der Waals surface area (Å²) in [6.07, 6.45) is 1.34. The van der Waals surface area contributed by atoms with Crippen molar-refractivity contribution in [3.63, 3.8) is 0 Å². The highest BCUT2D eigenvalue weighted by molar-refractivity contribution is 6.42. The monoisotopic (exact) mass is 503 g/mol. The number of allylic oxidation sites excluding steroid dienone is 1. The predicted octanol–water partition coefficient (Wildman–Crippen LogP) is 7.06. The van der Waals surface area contributed by atoms with Crippen molar-refractivity contribution in [2.24, 2.45) is 0 Å². The number of Topliss-reactive ketones (excluding diaryl/α,β-unsaturated/α-hetero) is 1. The van der Waals surface area contributed by atoms with Crippen molar-refractivity contribution >= 4 is 46.7 Å². The Morgan fingerprint density at radius 1 is 1.06 bits per heavy atom. The van der Waals surface area contributed by atoms with Crippen LogP contribution in [0.2, 0.25) is 15.1 Å². The summed E-state index contributed by atoms with van der Waals surface area (Å²) in [7, 11) is 0. The Hall–Kier alpha value is -2.57. The van der Waals surface area contributed by atoms with Crippen LogP contribution in [0.25, 0.3) is 6.08 Å². The molecule has 0 N–H and O–H groups in total. The molecule has 0 saturated heterocycles. The van der Waals surface area contributed by atoms with Crippen molar-refractivity contribution in [3.8, 4) is 11.5 Å². The van der Waals surface area contributed by atoms with Crippen LogP contribution in [0.15, 0.2) is 48.2 Å². The molecule has 0 aliphatic carbocycles. The summed E-state index contributed by atoms with van der Waals surface area (Å²) in [6, 6.07) is 11.6. The fraction of sp³-hybridized carbons (Fsp3) is 0.160. The molecule has 8 heteroatoms. The topological polar surface area (TPSA) is 38.8 Å². The third kappa shape index (κ3) is 4.11. The second kappa shape index (κ2) is 8.65. The largest absolute Gasteiger partial charge is 0.477 e. The molecule has 0 radical (unpaired) electrons. The van der Waals surface area contributed by atoms with E-state index >= 15 is 0 Å². The summed E-state index contributed by atoms with van der Waals surface area (Å²) >= 11 is 18.3. The highest BCUT2D eigenvalue weighted by atomic mass is 35.5. The molecule has 0 spiro atoms. The van der Waals surface area contributed by atoms with Crippen LogP contribution in [0.3, 0.4) is 0 Å². The van der Waals surface area contributed by atoms with E-state index in [2.05, 4.69) is 4.90 Å². The first-order valence-electron chi connectivity index (χ1n) is 10.2. The van der Waals surface area contributed by atoms with E-state index < -0.39 is 5.82 Å². The highest BCUT2D eigenvalue weighted by Gasteiger charge is 2.34. The summed E-state index contributed by atoms with van der Waals surface area (Å²) < 4.78 is 26.1. The van der Waals surface area contributed by atoms with Gasteiger partial charge in [0.25, 0.3) is 0 Å². The molecule has 5 rings (SSSR count). The number of carbonyl (C=O) groups excluding carboxylic acids is 1. The molecular weight excluding hydrogens is 488 g/mol. The third-order valence-corrected chi connectivity index (χ3v) is 6.74. The molecule has 0 fully saturated rings. The minimum atomic E-state index is -0.528. The van der Waals surface area contributed by atoms with Crippen LogP contribution in [0, 0.1) is 12.7 Å². The predicted molar refractivity (Wildman–Crippen MR) is 127 cm³/mol. The van der Waals surface area contributed by atoms with Crippen LogP contribution in [0.4, 0.5) is 4.39 Å². The van der Waals surface area contributed by atoms with E-state index in [0.29, 0.717) is 46.9 Å². The van der Waals surface area contributed by atoms with Gasteiger partial charge in [0.05, 0.1) is 20.6 Å². The minimum Gasteiger partial charge on any atom is -0.477 e. The zero-order chi connectivity index (χ0) is 23.3. The van der Waals surface area contributed by atoms with Gasteiger partial charge in [-0.15, -0.1) is 0 Å². The number of nitrogens with zero attached hydrogens (tertiary/aromatic N) is 1. The zero-order valence-corrected chi connectivity index (χ0v) is 19.7. The van der Waals surface area contributed by atoms with Crippen LogP contribution < -0.4 is 9.47 Å². The van der Waals surface area contributed by atoms with E-state index in [4.69, 9.17) is 44.3 Å². The third-order valence-electron chi connectivity index (χ3n) is 5.67. The molecule has 2 aliphatic rings. The Morgan fingerprint density at radius 3 is 2.64 bits per heavy atom. The van der Waals surface area contributed by atoms with Gasteiger partial charge < -0.3 is 9.47 Å². The maximum absolute atomic E-state index is 14.2. The van der Waals surface area contributed by atoms with E-state index in [1.807, 2.05) is 19.1 Å². The van der Waals surface area contributed by atoms with Gasteiger partial charge in [-0.1, -0.05) is 46.9 Å². The fourth-order valence-corrected chi connectivity index (χ4v) is 4.61. The molecular formula is C25H17Cl3FNO3. The van der Waals surface area contributed by atoms with E-state index in [-0.39, 0.29) is 22.1 Å². The first-order chi connectivity index (χ1) is 15.8. The number of fused-ring (bicyclic) bond motifs is 2. The summed E-state index contributed by atoms with van der Waals surface area (Å²) in [5.41, 5.74) is 3.14. The van der Waals surface area contributed by atoms with Crippen LogP contribution in [-0.4, -0.2) is 17.4 Å². The van der Waals surface area contributed by atoms with Crippen molar-refractivity contribution in [1.29, 1.82) is 0 Å². The summed E-state index contributed by atoms with van der Waals surface area (Å²) in [5.74, 6) is 0.291. The quantitative estimate of drug-likeness (QED) is 0.358. The lowest BCUT2D eigenvalue weighted by Gasteiger charge is -2.30. The number of ether oxygens (including phenoxy) is 2. The van der Waals surface area contributed by atoms with Gasteiger partial charge in [0, 0.05) is 29.8 Å². The molecule has 33 heavy (non-hydrogen) atoms. The Labute approximate surface area is 205 Å². The highest BCUT2D eigenvalue weighted by Crippen LogP contribution is 2.43. The molecule has 2 aliphatic heterocycles. The van der Waals surface area contributed by atoms with Crippen molar-refractivity contribution < 1.29 is 18.7 Å². The van der Waals surface area contributed by atoms with Gasteiger partial charge in [-0.25, -0.2) is 4.39 Å². The number of rotatable bonds is 3. The normalized spacial score (nSPS) is 16.4. The number of hydrogen-bond acceptors (Lipinski definition) is 4. The van der Waals surface area contributed by atoms with Crippen molar-refractivity contribution in [3.05, 3.63) is 96.9 Å². The number of hydrogen-bond donors (Lipinski definition) is 0. The lowest BCUT2D eigenvalue weighted by Crippen LogP contribution is -2.32. The second-order valence-corrected chi connectivity index (χ2v) is 9.17. The SMILES string of the molecule is Cc1c2c(cc3c1O/C(=C\c1c(F)cccc1Cl)C3=O)CN(Cc1ccc(Cl)c(Cl)c1)CO2. The maximum atomic E-state index is 14.2. The Balaban J connectivity index is 1.43. The number of ketones is 1. The van der Waals surface area contributed by atoms with Gasteiger partial charge in [0.15, 0.2) is 5.76 Å². The van der Waals surface area contributed by atoms with Crippen LogP contribution in [0.5, 0.6) is 11.5 Å². The Morgan fingerprint density at radius 2 is 1.88 bits per heavy atom. The molecule has 0 atom stereocenters. The number of halogens is 4. The van der Waals surface area contributed by atoms with Crippen molar-refractivity contribution in [1.82, 2.24) is 4.90 Å². The first-order valence-corrected chi connectivity index (χ1v) is 11.3. The number of carbonyl (C=O) groups is 1. The van der Waals surface area contributed by atoms with Crippen LogP contribution >= 0.6 is 34.8 Å². The molecule has 0 unspecified atom stereocenters. The fourth-order valence-electron chi connectivity index (χ4n) is 4.07. The molecule has 0 saturated carbocycles. The average molecular weight is 505 g/mol. The second-order valence-electron chi connectivity index (χ2n) is 7.95. The van der Waals surface area contributed by atoms with Gasteiger partial charge in [-0.3, -0.25) is 9.69 Å². The van der Waals surface area contributed by atoms with Gasteiger partial charge >= 0.3 is 0 Å². The van der Waals surface area contributed by atoms with E-state index in [0.717, 1.165) is 16.7 Å². The molecule has 0 amide bonds. The molecule has 168 valence electrons.